The van der Waals surface area contributed by atoms with Crippen molar-refractivity contribution in [3.63, 3.8) is 0 Å². The van der Waals surface area contributed by atoms with Crippen LogP contribution in [0.1, 0.15) is 311 Å². The number of unbranched alkanes of at least 4 members (excludes halogenated alkanes) is 33. The number of carbonyl (C=O) groups is 4. The van der Waals surface area contributed by atoms with E-state index in [1.165, 1.54) is 109 Å². The molecule has 0 heterocycles. The number of hydrogen-bond acceptors (Lipinski definition) is 15. The molecule has 0 rings (SSSR count). The molecule has 0 amide bonds. The first-order valence-electron chi connectivity index (χ1n) is 34.0. The van der Waals surface area contributed by atoms with E-state index in [1.54, 1.807) is 0 Å². The van der Waals surface area contributed by atoms with Gasteiger partial charge in [-0.05, 0) is 57.3 Å². The third-order valence-electron chi connectivity index (χ3n) is 14.7. The SMILES string of the molecule is CCCCCC/C=C\C=C/CCCCCCCC(=O)O[C@H](COC(=O)CCCCCCCCCCCCCC(C)C)COP(=O)(O)OC[C@@H](O)COP(=O)(O)OC[C@@H](COC(=O)CCCCCCCCCC)OC(=O)CCCCCCCCCC. The summed E-state index contributed by atoms with van der Waals surface area (Å²) in [7, 11) is -9.90. The molecular formula is C66H124O17P2. The average Bonchev–Trinajstić information content (AvgIpc) is 3.54. The lowest BCUT2D eigenvalue weighted by molar-refractivity contribution is -0.161. The van der Waals surface area contributed by atoms with Crippen LogP contribution in [0.15, 0.2) is 24.3 Å². The van der Waals surface area contributed by atoms with E-state index in [0.29, 0.717) is 25.7 Å². The number of rotatable bonds is 64. The maximum atomic E-state index is 13.0. The van der Waals surface area contributed by atoms with Crippen molar-refractivity contribution in [2.45, 2.75) is 329 Å². The van der Waals surface area contributed by atoms with Crippen LogP contribution in [0.2, 0.25) is 0 Å². The highest BCUT2D eigenvalue weighted by atomic mass is 31.2. The molecule has 0 aliphatic rings. The molecule has 2 unspecified atom stereocenters. The Balaban J connectivity index is 5.24. The Bertz CT molecular complexity index is 1740. The summed E-state index contributed by atoms with van der Waals surface area (Å²) in [5.41, 5.74) is 0. The highest BCUT2D eigenvalue weighted by molar-refractivity contribution is 7.47. The molecule has 85 heavy (non-hydrogen) atoms. The zero-order valence-corrected chi connectivity index (χ0v) is 56.0. The molecule has 0 aromatic heterocycles. The lowest BCUT2D eigenvalue weighted by Gasteiger charge is -2.21. The largest absolute Gasteiger partial charge is 0.472 e. The number of hydrogen-bond donors (Lipinski definition) is 3. The van der Waals surface area contributed by atoms with E-state index >= 15 is 0 Å². The Kier molecular flexibility index (Phi) is 57.5. The molecule has 0 aromatic carbocycles. The number of esters is 4. The van der Waals surface area contributed by atoms with Crippen molar-refractivity contribution in [3.8, 4) is 0 Å². The standard InChI is InChI=1S/C66H124O17P2/c1-6-9-12-15-18-21-22-23-24-25-28-32-37-42-47-52-66(71)83-62(56-77-64(69)50-45-40-36-31-29-26-27-30-33-38-43-48-59(4)5)58-81-85(74,75)79-54-60(67)53-78-84(72,73)80-57-61(82-65(70)51-46-41-35-20-17-14-11-8-3)55-76-63(68)49-44-39-34-19-16-13-10-7-2/h21-24,59-62,67H,6-20,25-58H2,1-5H3,(H,72,73)(H,74,75)/b22-21-,24-23-/t60-,61+,62+/m0/s1. The van der Waals surface area contributed by atoms with Crippen LogP contribution in [0.4, 0.5) is 0 Å². The van der Waals surface area contributed by atoms with Crippen molar-refractivity contribution >= 4 is 39.5 Å². The van der Waals surface area contributed by atoms with Gasteiger partial charge in [-0.15, -0.1) is 0 Å². The van der Waals surface area contributed by atoms with Crippen LogP contribution in [0.5, 0.6) is 0 Å². The van der Waals surface area contributed by atoms with Gasteiger partial charge in [-0.1, -0.05) is 258 Å². The summed E-state index contributed by atoms with van der Waals surface area (Å²) in [5, 5.41) is 10.5. The minimum atomic E-state index is -4.95. The number of allylic oxidation sites excluding steroid dienone is 4. The van der Waals surface area contributed by atoms with E-state index in [9.17, 15) is 43.2 Å². The number of phosphoric ester groups is 2. The fourth-order valence-corrected chi connectivity index (χ4v) is 11.0. The van der Waals surface area contributed by atoms with Gasteiger partial charge in [-0.25, -0.2) is 9.13 Å². The fraction of sp³-hybridized carbons (Fsp3) is 0.879. The van der Waals surface area contributed by atoms with Crippen molar-refractivity contribution < 1.29 is 80.2 Å². The van der Waals surface area contributed by atoms with Gasteiger partial charge < -0.3 is 33.8 Å². The van der Waals surface area contributed by atoms with E-state index < -0.39 is 97.5 Å². The van der Waals surface area contributed by atoms with Crippen LogP contribution >= 0.6 is 15.6 Å². The molecule has 0 radical (unpaired) electrons. The minimum absolute atomic E-state index is 0.0849. The number of aliphatic hydroxyl groups excluding tert-OH is 1. The van der Waals surface area contributed by atoms with Gasteiger partial charge in [0.1, 0.15) is 19.3 Å². The van der Waals surface area contributed by atoms with Gasteiger partial charge in [0.25, 0.3) is 0 Å². The average molecular weight is 1250 g/mol. The van der Waals surface area contributed by atoms with E-state index in [2.05, 4.69) is 58.9 Å². The molecule has 5 atom stereocenters. The normalized spacial score (nSPS) is 14.4. The summed E-state index contributed by atoms with van der Waals surface area (Å²) < 4.78 is 67.9. The van der Waals surface area contributed by atoms with Crippen molar-refractivity contribution in [2.24, 2.45) is 5.92 Å². The van der Waals surface area contributed by atoms with E-state index in [0.717, 1.165) is 121 Å². The van der Waals surface area contributed by atoms with Gasteiger partial charge in [0.15, 0.2) is 12.2 Å². The highest BCUT2D eigenvalue weighted by Gasteiger charge is 2.30. The molecule has 0 fully saturated rings. The quantitative estimate of drug-likeness (QED) is 0.0169. The smallest absolute Gasteiger partial charge is 0.462 e. The minimum Gasteiger partial charge on any atom is -0.462 e. The van der Waals surface area contributed by atoms with Gasteiger partial charge in [0.05, 0.1) is 26.4 Å². The Labute approximate surface area is 516 Å². The first kappa shape index (κ1) is 82.5. The van der Waals surface area contributed by atoms with Crippen LogP contribution < -0.4 is 0 Å². The molecule has 19 heteroatoms. The number of ether oxygens (including phenoxy) is 4. The Morgan fingerprint density at radius 3 is 0.965 bits per heavy atom. The lowest BCUT2D eigenvalue weighted by Crippen LogP contribution is -2.30. The zero-order chi connectivity index (χ0) is 62.8. The number of carbonyl (C=O) groups excluding carboxylic acids is 4. The van der Waals surface area contributed by atoms with Crippen molar-refractivity contribution in [1.82, 2.24) is 0 Å². The highest BCUT2D eigenvalue weighted by Crippen LogP contribution is 2.45. The molecule has 0 aliphatic carbocycles. The molecule has 0 aliphatic heterocycles. The molecule has 0 bridgehead atoms. The summed E-state index contributed by atoms with van der Waals surface area (Å²) in [6.07, 6.45) is 46.7. The van der Waals surface area contributed by atoms with Crippen LogP contribution in [0.3, 0.4) is 0 Å². The molecule has 0 spiro atoms. The maximum absolute atomic E-state index is 13.0. The van der Waals surface area contributed by atoms with Crippen LogP contribution in [-0.4, -0.2) is 96.7 Å². The molecule has 500 valence electrons. The summed E-state index contributed by atoms with van der Waals surface area (Å²) in [6.45, 7) is 7.09. The van der Waals surface area contributed by atoms with Crippen molar-refractivity contribution in [2.75, 3.05) is 39.6 Å². The summed E-state index contributed by atoms with van der Waals surface area (Å²) >= 11 is 0. The van der Waals surface area contributed by atoms with Crippen LogP contribution in [0.25, 0.3) is 0 Å². The Morgan fingerprint density at radius 1 is 0.365 bits per heavy atom. The Morgan fingerprint density at radius 2 is 0.635 bits per heavy atom. The molecule has 3 N–H and O–H groups in total. The van der Waals surface area contributed by atoms with Gasteiger partial charge in [-0.3, -0.25) is 37.3 Å². The second kappa shape index (κ2) is 59.2. The molecule has 0 saturated heterocycles. The number of aliphatic hydroxyl groups is 1. The lowest BCUT2D eigenvalue weighted by atomic mass is 10.0. The van der Waals surface area contributed by atoms with Gasteiger partial charge in [0.2, 0.25) is 0 Å². The fourth-order valence-electron chi connectivity index (χ4n) is 9.40. The monoisotopic (exact) mass is 1250 g/mol. The summed E-state index contributed by atoms with van der Waals surface area (Å²) in [5.74, 6) is -1.40. The predicted octanol–water partition coefficient (Wildman–Crippen LogP) is 18.1. The Hall–Kier alpha value is -2.46. The first-order valence-corrected chi connectivity index (χ1v) is 36.9. The van der Waals surface area contributed by atoms with E-state index in [1.807, 2.05) is 0 Å². The van der Waals surface area contributed by atoms with Crippen LogP contribution in [0, 0.1) is 5.92 Å². The topological polar surface area (TPSA) is 237 Å². The molecular weight excluding hydrogens is 1130 g/mol. The third kappa shape index (κ3) is 60.2. The number of phosphoric acid groups is 2. The second-order valence-electron chi connectivity index (χ2n) is 23.6. The van der Waals surface area contributed by atoms with Gasteiger partial charge >= 0.3 is 39.5 Å². The van der Waals surface area contributed by atoms with Crippen molar-refractivity contribution in [1.29, 1.82) is 0 Å². The van der Waals surface area contributed by atoms with Gasteiger partial charge in [-0.2, -0.15) is 0 Å². The van der Waals surface area contributed by atoms with Crippen molar-refractivity contribution in [3.05, 3.63) is 24.3 Å². The molecule has 0 saturated carbocycles. The summed E-state index contributed by atoms with van der Waals surface area (Å²) in [4.78, 5) is 72.1. The second-order valence-corrected chi connectivity index (χ2v) is 26.6. The van der Waals surface area contributed by atoms with E-state index in [4.69, 9.17) is 37.0 Å². The molecule has 0 aromatic rings. The first-order chi connectivity index (χ1) is 41.0. The molecule has 17 nitrogen and oxygen atoms in total. The zero-order valence-electron chi connectivity index (χ0n) is 54.2. The third-order valence-corrected chi connectivity index (χ3v) is 16.6. The maximum Gasteiger partial charge on any atom is 0.472 e. The summed E-state index contributed by atoms with van der Waals surface area (Å²) in [6, 6.07) is 0. The van der Waals surface area contributed by atoms with E-state index in [-0.39, 0.29) is 25.7 Å². The van der Waals surface area contributed by atoms with Gasteiger partial charge in [0, 0.05) is 25.7 Å². The predicted molar refractivity (Wildman–Crippen MR) is 340 cm³/mol. The van der Waals surface area contributed by atoms with Crippen LogP contribution in [-0.2, 0) is 65.4 Å².